The number of hydrogen-bond acceptors (Lipinski definition) is 4. The highest BCUT2D eigenvalue weighted by Gasteiger charge is 2.24. The van der Waals surface area contributed by atoms with E-state index in [1.165, 1.54) is 11.3 Å². The van der Waals surface area contributed by atoms with Crippen LogP contribution in [0.3, 0.4) is 0 Å². The van der Waals surface area contributed by atoms with E-state index < -0.39 is 0 Å². The van der Waals surface area contributed by atoms with Gasteiger partial charge in [0.15, 0.2) is 0 Å². The molecule has 0 radical (unpaired) electrons. The van der Waals surface area contributed by atoms with Gasteiger partial charge in [-0.2, -0.15) is 0 Å². The normalized spacial score (nSPS) is 16.8. The molecule has 0 bridgehead atoms. The van der Waals surface area contributed by atoms with Gasteiger partial charge in [-0.25, -0.2) is 0 Å². The monoisotopic (exact) mass is 283 g/mol. The van der Waals surface area contributed by atoms with Crippen molar-refractivity contribution < 1.29 is 14.3 Å². The van der Waals surface area contributed by atoms with E-state index in [0.29, 0.717) is 13.2 Å². The summed E-state index contributed by atoms with van der Waals surface area (Å²) in [4.78, 5) is 14.9. The van der Waals surface area contributed by atoms with Crippen molar-refractivity contribution in [1.29, 1.82) is 0 Å². The lowest BCUT2D eigenvalue weighted by Gasteiger charge is -2.31. The first-order valence-corrected chi connectivity index (χ1v) is 7.71. The average Bonchev–Trinajstić information content (AvgIpc) is 2.98. The van der Waals surface area contributed by atoms with Crippen LogP contribution in [0.4, 0.5) is 0 Å². The number of hydrogen-bond donors (Lipinski definition) is 0. The summed E-state index contributed by atoms with van der Waals surface area (Å²) in [5, 5.41) is 1.94. The Morgan fingerprint density at radius 3 is 2.84 bits per heavy atom. The molecule has 0 N–H and O–H groups in total. The Kier molecular flexibility index (Phi) is 5.82. The Morgan fingerprint density at radius 2 is 2.21 bits per heavy atom. The summed E-state index contributed by atoms with van der Waals surface area (Å²) in [7, 11) is 0. The summed E-state index contributed by atoms with van der Waals surface area (Å²) >= 11 is 1.51. The molecule has 19 heavy (non-hydrogen) atoms. The maximum absolute atomic E-state index is 12.1. The molecular formula is C14H21NO3S. The number of thiophene rings is 1. The molecule has 0 atom stereocenters. The van der Waals surface area contributed by atoms with Gasteiger partial charge >= 0.3 is 0 Å². The van der Waals surface area contributed by atoms with E-state index >= 15 is 0 Å². The van der Waals surface area contributed by atoms with Crippen molar-refractivity contribution in [3.05, 3.63) is 22.4 Å². The second kappa shape index (κ2) is 7.62. The molecule has 4 nitrogen and oxygen atoms in total. The maximum atomic E-state index is 12.1. The predicted octanol–water partition coefficient (Wildman–Crippen LogP) is 2.41. The third kappa shape index (κ3) is 4.30. The molecule has 2 heterocycles. The number of piperidine rings is 1. The van der Waals surface area contributed by atoms with Gasteiger partial charge in [0, 0.05) is 19.7 Å². The summed E-state index contributed by atoms with van der Waals surface area (Å²) in [6.45, 7) is 5.60. The van der Waals surface area contributed by atoms with Gasteiger partial charge in [0.25, 0.3) is 5.91 Å². The van der Waals surface area contributed by atoms with Gasteiger partial charge in [-0.1, -0.05) is 6.07 Å². The number of nitrogens with zero attached hydrogens (tertiary/aromatic N) is 1. The average molecular weight is 283 g/mol. The second-order valence-corrected chi connectivity index (χ2v) is 5.48. The van der Waals surface area contributed by atoms with Gasteiger partial charge < -0.3 is 14.4 Å². The first-order valence-electron chi connectivity index (χ1n) is 6.83. The molecule has 1 amide bonds. The highest BCUT2D eigenvalue weighted by Crippen LogP contribution is 2.18. The minimum absolute atomic E-state index is 0.155. The lowest BCUT2D eigenvalue weighted by atomic mass is 10.1. The summed E-state index contributed by atoms with van der Waals surface area (Å²) in [5.41, 5.74) is 0. The molecule has 2 rings (SSSR count). The van der Waals surface area contributed by atoms with Gasteiger partial charge in [0.2, 0.25) is 0 Å². The largest absolute Gasteiger partial charge is 0.379 e. The number of carbonyl (C=O) groups is 1. The minimum atomic E-state index is 0.155. The van der Waals surface area contributed by atoms with Crippen LogP contribution in [-0.4, -0.2) is 49.8 Å². The van der Waals surface area contributed by atoms with Crippen molar-refractivity contribution >= 4 is 17.2 Å². The Bertz CT molecular complexity index is 372. The van der Waals surface area contributed by atoms with Crippen molar-refractivity contribution in [3.8, 4) is 0 Å². The Hall–Kier alpha value is -0.910. The summed E-state index contributed by atoms with van der Waals surface area (Å²) < 4.78 is 11.0. The van der Waals surface area contributed by atoms with Crippen molar-refractivity contribution in [2.45, 2.75) is 25.9 Å². The molecule has 0 spiro atoms. The maximum Gasteiger partial charge on any atom is 0.263 e. The summed E-state index contributed by atoms with van der Waals surface area (Å²) in [6.07, 6.45) is 2.11. The highest BCUT2D eigenvalue weighted by molar-refractivity contribution is 7.12. The van der Waals surface area contributed by atoms with Gasteiger partial charge in [0.05, 0.1) is 24.2 Å². The Labute approximate surface area is 118 Å². The molecule has 0 aliphatic carbocycles. The third-order valence-corrected chi connectivity index (χ3v) is 4.10. The zero-order chi connectivity index (χ0) is 13.5. The third-order valence-electron chi connectivity index (χ3n) is 3.25. The van der Waals surface area contributed by atoms with Crippen molar-refractivity contribution in [3.63, 3.8) is 0 Å². The number of ether oxygens (including phenoxy) is 2. The second-order valence-electron chi connectivity index (χ2n) is 4.54. The zero-order valence-electron chi connectivity index (χ0n) is 11.3. The van der Waals surface area contributed by atoms with Gasteiger partial charge in [0.1, 0.15) is 0 Å². The van der Waals surface area contributed by atoms with Crippen LogP contribution in [0.1, 0.15) is 29.4 Å². The smallest absolute Gasteiger partial charge is 0.263 e. The van der Waals surface area contributed by atoms with Crippen molar-refractivity contribution in [2.75, 3.05) is 32.9 Å². The van der Waals surface area contributed by atoms with E-state index in [9.17, 15) is 4.79 Å². The Morgan fingerprint density at radius 1 is 1.42 bits per heavy atom. The van der Waals surface area contributed by atoms with Crippen LogP contribution in [0.5, 0.6) is 0 Å². The number of rotatable bonds is 6. The van der Waals surface area contributed by atoms with Crippen LogP contribution >= 0.6 is 11.3 Å². The topological polar surface area (TPSA) is 38.8 Å². The first kappa shape index (κ1) is 14.5. The number of likely N-dealkylation sites (tertiary alicyclic amines) is 1. The van der Waals surface area contributed by atoms with E-state index in [1.807, 2.05) is 29.3 Å². The molecule has 1 aromatic heterocycles. The van der Waals surface area contributed by atoms with Crippen LogP contribution < -0.4 is 0 Å². The van der Waals surface area contributed by atoms with E-state index in [1.54, 1.807) is 0 Å². The van der Waals surface area contributed by atoms with Crippen LogP contribution in [-0.2, 0) is 9.47 Å². The fraction of sp³-hybridized carbons (Fsp3) is 0.643. The minimum Gasteiger partial charge on any atom is -0.379 e. The van der Waals surface area contributed by atoms with Crippen molar-refractivity contribution in [2.24, 2.45) is 0 Å². The molecule has 1 aliphatic heterocycles. The Balaban J connectivity index is 1.69. The number of amides is 1. The van der Waals surface area contributed by atoms with Crippen LogP contribution in [0.25, 0.3) is 0 Å². The SMILES string of the molecule is CCOCCOC1CCN(C(=O)c2cccs2)CC1. The molecule has 0 saturated carbocycles. The fourth-order valence-corrected chi connectivity index (χ4v) is 2.89. The standard InChI is InChI=1S/C14H21NO3S/c1-2-17-9-10-18-12-5-7-15(8-6-12)14(16)13-4-3-11-19-13/h3-4,11-12H,2,5-10H2,1H3. The molecule has 1 aromatic rings. The quantitative estimate of drug-likeness (QED) is 0.753. The summed E-state index contributed by atoms with van der Waals surface area (Å²) in [5.74, 6) is 0.155. The van der Waals surface area contributed by atoms with Crippen molar-refractivity contribution in [1.82, 2.24) is 4.90 Å². The van der Waals surface area contributed by atoms with Gasteiger partial charge in [-0.3, -0.25) is 4.79 Å². The lowest BCUT2D eigenvalue weighted by molar-refractivity contribution is -0.0182. The highest BCUT2D eigenvalue weighted by atomic mass is 32.1. The van der Waals surface area contributed by atoms with E-state index in [0.717, 1.165) is 37.4 Å². The predicted molar refractivity (Wildman–Crippen MR) is 75.7 cm³/mol. The molecule has 0 aromatic carbocycles. The van der Waals surface area contributed by atoms with E-state index in [-0.39, 0.29) is 12.0 Å². The lowest BCUT2D eigenvalue weighted by Crippen LogP contribution is -2.40. The van der Waals surface area contributed by atoms with Gasteiger partial charge in [-0.15, -0.1) is 11.3 Å². The molecule has 1 aliphatic rings. The molecule has 0 unspecified atom stereocenters. The molecule has 1 fully saturated rings. The summed E-state index contributed by atoms with van der Waals surface area (Å²) in [6, 6.07) is 3.80. The van der Waals surface area contributed by atoms with E-state index in [2.05, 4.69) is 0 Å². The van der Waals surface area contributed by atoms with Crippen LogP contribution in [0, 0.1) is 0 Å². The van der Waals surface area contributed by atoms with Crippen LogP contribution in [0.15, 0.2) is 17.5 Å². The molecular weight excluding hydrogens is 262 g/mol. The molecule has 5 heteroatoms. The number of carbonyl (C=O) groups excluding carboxylic acids is 1. The fourth-order valence-electron chi connectivity index (χ4n) is 2.20. The first-order chi connectivity index (χ1) is 9.31. The van der Waals surface area contributed by atoms with Gasteiger partial charge in [-0.05, 0) is 31.2 Å². The van der Waals surface area contributed by atoms with Crippen LogP contribution in [0.2, 0.25) is 0 Å². The molecule has 106 valence electrons. The van der Waals surface area contributed by atoms with E-state index in [4.69, 9.17) is 9.47 Å². The zero-order valence-corrected chi connectivity index (χ0v) is 12.2. The molecule has 1 saturated heterocycles.